The fourth-order valence-corrected chi connectivity index (χ4v) is 2.13. The molecule has 0 aromatic heterocycles. The first-order chi connectivity index (χ1) is 8.18. The molecule has 10 heteroatoms. The molecule has 0 aromatic rings. The topological polar surface area (TPSA) is 157 Å². The Morgan fingerprint density at radius 3 is 2.22 bits per heavy atom. The average Bonchev–Trinajstić information content (AvgIpc) is 2.28. The lowest BCUT2D eigenvalue weighted by atomic mass is 9.97. The van der Waals surface area contributed by atoms with Crippen LogP contribution in [0.4, 0.5) is 0 Å². The van der Waals surface area contributed by atoms with E-state index >= 15 is 0 Å². The Morgan fingerprint density at radius 2 is 1.78 bits per heavy atom. The van der Waals surface area contributed by atoms with Crippen molar-refractivity contribution in [2.45, 2.75) is 43.0 Å². The van der Waals surface area contributed by atoms with Gasteiger partial charge in [0.1, 0.15) is 18.3 Å². The van der Waals surface area contributed by atoms with Crippen LogP contribution in [0, 0.1) is 0 Å². The van der Waals surface area contributed by atoms with Gasteiger partial charge in [-0.1, -0.05) is 0 Å². The summed E-state index contributed by atoms with van der Waals surface area (Å²) < 4.78 is 20.5. The van der Waals surface area contributed by atoms with E-state index in [4.69, 9.17) is 19.3 Å². The largest absolute Gasteiger partial charge is 0.388 e. The highest BCUT2D eigenvalue weighted by molar-refractivity contribution is 7.52. The average molecular weight is 288 g/mol. The Kier molecular flexibility index (Phi) is 5.24. The van der Waals surface area contributed by atoms with Gasteiger partial charge in [0.15, 0.2) is 12.1 Å². The van der Waals surface area contributed by atoms with Crippen LogP contribution in [-0.2, 0) is 14.0 Å². The van der Waals surface area contributed by atoms with Gasteiger partial charge in [0.05, 0.1) is 6.10 Å². The van der Waals surface area contributed by atoms with Crippen molar-refractivity contribution in [3.8, 4) is 0 Å². The van der Waals surface area contributed by atoms with Crippen LogP contribution in [0.25, 0.3) is 0 Å². The molecule has 1 aliphatic heterocycles. The predicted molar refractivity (Wildman–Crippen MR) is 56.4 cm³/mol. The van der Waals surface area contributed by atoms with Crippen LogP contribution in [0.5, 0.6) is 0 Å². The summed E-state index contributed by atoms with van der Waals surface area (Å²) in [5.41, 5.74) is 0. The molecule has 0 saturated carbocycles. The highest BCUT2D eigenvalue weighted by atomic mass is 31.2. The number of aliphatic hydroxyl groups excluding tert-OH is 4. The van der Waals surface area contributed by atoms with Gasteiger partial charge >= 0.3 is 7.60 Å². The molecular formula is C8H17O9P. The summed E-state index contributed by atoms with van der Waals surface area (Å²) in [6.07, 6.45) is -7.80. The normalized spacial score (nSPS) is 39.6. The van der Waals surface area contributed by atoms with Gasteiger partial charge in [-0.2, -0.15) is 0 Å². The summed E-state index contributed by atoms with van der Waals surface area (Å²) in [4.78, 5) is 17.4. The third kappa shape index (κ3) is 3.47. The standard InChI is InChI=1S/C8H17O9P/c1-16-8-7(12)6(11)5(10)3(17-8)2-4(9)18(13,14)15/h3-12H,2H2,1H3,(H2,13,14,15)/t3-,4?,5-,6+,7-,8+/m1/s1. The third-order valence-electron chi connectivity index (χ3n) is 2.73. The zero-order valence-electron chi connectivity index (χ0n) is 9.53. The molecule has 1 fully saturated rings. The predicted octanol–water partition coefficient (Wildman–Crippen LogP) is -2.67. The third-order valence-corrected chi connectivity index (χ3v) is 3.72. The van der Waals surface area contributed by atoms with Crippen LogP contribution in [0.2, 0.25) is 0 Å². The zero-order chi connectivity index (χ0) is 14.1. The van der Waals surface area contributed by atoms with Gasteiger partial charge in [-0.15, -0.1) is 0 Å². The van der Waals surface area contributed by atoms with Crippen molar-refractivity contribution in [1.29, 1.82) is 0 Å². The lowest BCUT2D eigenvalue weighted by Crippen LogP contribution is -2.58. The van der Waals surface area contributed by atoms with Gasteiger partial charge in [0, 0.05) is 13.5 Å². The second-order valence-electron chi connectivity index (χ2n) is 4.06. The van der Waals surface area contributed by atoms with Crippen LogP contribution >= 0.6 is 7.60 Å². The second-order valence-corrected chi connectivity index (χ2v) is 5.83. The number of hydrogen-bond donors (Lipinski definition) is 6. The van der Waals surface area contributed by atoms with Gasteiger partial charge in [-0.3, -0.25) is 4.57 Å². The Morgan fingerprint density at radius 1 is 1.22 bits per heavy atom. The Balaban J connectivity index is 2.73. The highest BCUT2D eigenvalue weighted by Crippen LogP contribution is 2.43. The van der Waals surface area contributed by atoms with Crippen LogP contribution in [0.1, 0.15) is 6.42 Å². The minimum absolute atomic E-state index is 0.602. The van der Waals surface area contributed by atoms with Gasteiger partial charge in [-0.05, 0) is 0 Å². The zero-order valence-corrected chi connectivity index (χ0v) is 10.4. The molecule has 6 N–H and O–H groups in total. The van der Waals surface area contributed by atoms with Gasteiger partial charge in [-0.25, -0.2) is 0 Å². The van der Waals surface area contributed by atoms with E-state index in [0.717, 1.165) is 0 Å². The maximum Gasteiger partial charge on any atom is 0.353 e. The summed E-state index contributed by atoms with van der Waals surface area (Å²) in [5, 5.41) is 37.8. The monoisotopic (exact) mass is 288 g/mol. The van der Waals surface area contributed by atoms with E-state index < -0.39 is 50.6 Å². The fourth-order valence-electron chi connectivity index (χ4n) is 1.65. The summed E-state index contributed by atoms with van der Waals surface area (Å²) in [7, 11) is -3.54. The number of methoxy groups -OCH3 is 1. The molecule has 0 radical (unpaired) electrons. The van der Waals surface area contributed by atoms with Gasteiger partial charge in [0.25, 0.3) is 0 Å². The molecule has 1 aliphatic rings. The van der Waals surface area contributed by atoms with E-state index in [9.17, 15) is 25.0 Å². The van der Waals surface area contributed by atoms with E-state index in [1.54, 1.807) is 0 Å². The van der Waals surface area contributed by atoms with E-state index in [2.05, 4.69) is 0 Å². The molecule has 1 saturated heterocycles. The molecule has 0 aliphatic carbocycles. The first kappa shape index (κ1) is 16.0. The number of aliphatic hydroxyl groups is 4. The van der Waals surface area contributed by atoms with Gasteiger partial charge < -0.3 is 39.7 Å². The molecule has 1 unspecified atom stereocenters. The number of rotatable bonds is 4. The fraction of sp³-hybridized carbons (Fsp3) is 1.00. The lowest BCUT2D eigenvalue weighted by molar-refractivity contribution is -0.292. The lowest BCUT2D eigenvalue weighted by Gasteiger charge is -2.40. The van der Waals surface area contributed by atoms with Crippen molar-refractivity contribution in [1.82, 2.24) is 0 Å². The van der Waals surface area contributed by atoms with E-state index in [1.807, 2.05) is 0 Å². The first-order valence-electron chi connectivity index (χ1n) is 5.14. The van der Waals surface area contributed by atoms with Crippen molar-refractivity contribution in [3.63, 3.8) is 0 Å². The van der Waals surface area contributed by atoms with Gasteiger partial charge in [0.2, 0.25) is 0 Å². The highest BCUT2D eigenvalue weighted by Gasteiger charge is 2.45. The summed E-state index contributed by atoms with van der Waals surface area (Å²) in [5.74, 6) is -2.03. The quantitative estimate of drug-likeness (QED) is 0.303. The van der Waals surface area contributed by atoms with Crippen LogP contribution in [0.3, 0.4) is 0 Å². The molecule has 9 nitrogen and oxygen atoms in total. The SMILES string of the molecule is CO[C@H]1O[C@H](CC(O)P(=O)(O)O)[C@@H](O)[C@H](O)[C@H]1O. The number of ether oxygens (including phenoxy) is 2. The van der Waals surface area contributed by atoms with Crippen molar-refractivity contribution in [2.75, 3.05) is 7.11 Å². The summed E-state index contributed by atoms with van der Waals surface area (Å²) >= 11 is 0. The Hall–Kier alpha value is -0.0900. The molecule has 1 rings (SSSR count). The second kappa shape index (κ2) is 5.91. The van der Waals surface area contributed by atoms with E-state index in [0.29, 0.717) is 0 Å². The van der Waals surface area contributed by atoms with Crippen molar-refractivity contribution >= 4 is 7.60 Å². The maximum absolute atomic E-state index is 10.8. The molecule has 18 heavy (non-hydrogen) atoms. The maximum atomic E-state index is 10.8. The molecule has 0 spiro atoms. The minimum atomic E-state index is -4.73. The van der Waals surface area contributed by atoms with Crippen LogP contribution < -0.4 is 0 Å². The smallest absolute Gasteiger partial charge is 0.353 e. The van der Waals surface area contributed by atoms with Crippen molar-refractivity contribution < 1.29 is 44.3 Å². The van der Waals surface area contributed by atoms with Crippen LogP contribution in [0.15, 0.2) is 0 Å². The molecule has 108 valence electrons. The minimum Gasteiger partial charge on any atom is -0.388 e. The van der Waals surface area contributed by atoms with E-state index in [-0.39, 0.29) is 0 Å². The molecule has 0 bridgehead atoms. The molecular weight excluding hydrogens is 271 g/mol. The molecule has 0 amide bonds. The summed E-state index contributed by atoms with van der Waals surface area (Å²) in [6, 6.07) is 0. The summed E-state index contributed by atoms with van der Waals surface area (Å²) in [6.45, 7) is 0. The number of hydrogen-bond acceptors (Lipinski definition) is 7. The molecule has 0 aromatic carbocycles. The first-order valence-corrected chi connectivity index (χ1v) is 6.82. The molecule has 6 atom stereocenters. The van der Waals surface area contributed by atoms with Crippen LogP contribution in [-0.4, -0.2) is 73.9 Å². The Labute approximate surface area is 103 Å². The Bertz CT molecular complexity index is 316. The van der Waals surface area contributed by atoms with E-state index in [1.165, 1.54) is 7.11 Å². The van der Waals surface area contributed by atoms with Crippen molar-refractivity contribution in [3.05, 3.63) is 0 Å². The van der Waals surface area contributed by atoms with Crippen molar-refractivity contribution in [2.24, 2.45) is 0 Å². The molecule has 1 heterocycles.